The molecule has 1 aromatic carbocycles. The van der Waals surface area contributed by atoms with Crippen LogP contribution in [0, 0.1) is 17.3 Å². The molecule has 0 heterocycles. The Balaban J connectivity index is 2.62. The topological polar surface area (TPSA) is 41.5 Å². The predicted octanol–water partition coefficient (Wildman–Crippen LogP) is 1.37. The minimum Gasteiger partial charge on any atom is -0.427 e. The van der Waals surface area contributed by atoms with E-state index in [1.165, 1.54) is 13.2 Å². The van der Waals surface area contributed by atoms with Crippen LogP contribution in [0.3, 0.4) is 0 Å². The lowest BCUT2D eigenvalue weighted by Crippen LogP contribution is -2.20. The molecule has 0 aliphatic rings. The molecule has 1 radical (unpaired) electrons. The summed E-state index contributed by atoms with van der Waals surface area (Å²) < 4.78 is 4.75. The quantitative estimate of drug-likeness (QED) is 0.460. The molecule has 0 bridgehead atoms. The highest BCUT2D eigenvalue weighted by atomic mass is 16.4. The Morgan fingerprint density at radius 1 is 1.42 bits per heavy atom. The SMILES string of the molecule is CO[B]NCC#Cc1cccc(CC(C)(C)CO)c1. The fraction of sp³-hybridized carbons (Fsp3) is 0.467. The van der Waals surface area contributed by atoms with Crippen LogP contribution < -0.4 is 5.23 Å². The first-order valence-corrected chi connectivity index (χ1v) is 6.34. The predicted molar refractivity (Wildman–Crippen MR) is 78.7 cm³/mol. The van der Waals surface area contributed by atoms with Crippen LogP contribution in [0.5, 0.6) is 0 Å². The Morgan fingerprint density at radius 3 is 2.89 bits per heavy atom. The van der Waals surface area contributed by atoms with Crippen LogP contribution in [0.15, 0.2) is 24.3 Å². The van der Waals surface area contributed by atoms with Gasteiger partial charge in [-0.05, 0) is 29.5 Å². The molecule has 0 saturated carbocycles. The number of hydrogen-bond acceptors (Lipinski definition) is 3. The third kappa shape index (κ3) is 6.44. The van der Waals surface area contributed by atoms with Gasteiger partial charge in [0.05, 0.1) is 0 Å². The smallest absolute Gasteiger partial charge is 0.396 e. The first-order chi connectivity index (χ1) is 9.07. The van der Waals surface area contributed by atoms with Crippen LogP contribution >= 0.6 is 0 Å². The summed E-state index contributed by atoms with van der Waals surface area (Å²) in [6.45, 7) is 4.84. The maximum Gasteiger partial charge on any atom is 0.396 e. The number of benzene rings is 1. The summed E-state index contributed by atoms with van der Waals surface area (Å²) in [5.41, 5.74) is 2.09. The van der Waals surface area contributed by atoms with Gasteiger partial charge in [-0.1, -0.05) is 37.8 Å². The largest absolute Gasteiger partial charge is 0.427 e. The second-order valence-electron chi connectivity index (χ2n) is 5.24. The summed E-state index contributed by atoms with van der Waals surface area (Å²) in [4.78, 5) is 0. The maximum absolute atomic E-state index is 9.30. The van der Waals surface area contributed by atoms with Gasteiger partial charge in [0, 0.05) is 25.8 Å². The molecule has 101 valence electrons. The van der Waals surface area contributed by atoms with Crippen molar-refractivity contribution in [2.45, 2.75) is 20.3 Å². The lowest BCUT2D eigenvalue weighted by atomic mass is 9.86. The highest BCUT2D eigenvalue weighted by molar-refractivity contribution is 6.23. The molecular formula is C15H21BNO2. The second-order valence-corrected chi connectivity index (χ2v) is 5.24. The Kier molecular flexibility index (Phi) is 6.65. The minimum atomic E-state index is -0.0962. The van der Waals surface area contributed by atoms with Crippen LogP contribution in [-0.4, -0.2) is 33.0 Å². The third-order valence-corrected chi connectivity index (χ3v) is 2.66. The normalized spacial score (nSPS) is 10.7. The zero-order chi connectivity index (χ0) is 14.1. The zero-order valence-electron chi connectivity index (χ0n) is 11.9. The van der Waals surface area contributed by atoms with Gasteiger partial charge in [0.2, 0.25) is 0 Å². The molecule has 0 aliphatic heterocycles. The van der Waals surface area contributed by atoms with Crippen molar-refractivity contribution in [3.05, 3.63) is 35.4 Å². The lowest BCUT2D eigenvalue weighted by Gasteiger charge is -2.21. The van der Waals surface area contributed by atoms with Crippen molar-refractivity contribution in [3.8, 4) is 11.8 Å². The van der Waals surface area contributed by atoms with Crippen molar-refractivity contribution < 1.29 is 9.76 Å². The van der Waals surface area contributed by atoms with Gasteiger partial charge in [0.1, 0.15) is 0 Å². The average molecular weight is 258 g/mol. The van der Waals surface area contributed by atoms with Crippen LogP contribution in [0.25, 0.3) is 0 Å². The first-order valence-electron chi connectivity index (χ1n) is 6.34. The number of aliphatic hydroxyl groups is 1. The molecule has 1 aromatic rings. The molecule has 0 atom stereocenters. The number of aliphatic hydroxyl groups excluding tert-OH is 1. The van der Waals surface area contributed by atoms with Gasteiger partial charge < -0.3 is 15.0 Å². The van der Waals surface area contributed by atoms with E-state index in [4.69, 9.17) is 4.65 Å². The first kappa shape index (κ1) is 15.8. The van der Waals surface area contributed by atoms with Crippen molar-refractivity contribution in [2.75, 3.05) is 20.3 Å². The van der Waals surface area contributed by atoms with E-state index in [1.54, 1.807) is 7.11 Å². The van der Waals surface area contributed by atoms with E-state index in [0.29, 0.717) is 6.54 Å². The molecular weight excluding hydrogens is 237 g/mol. The maximum atomic E-state index is 9.30. The molecule has 0 amide bonds. The third-order valence-electron chi connectivity index (χ3n) is 2.66. The van der Waals surface area contributed by atoms with E-state index in [1.807, 2.05) is 12.1 Å². The molecule has 0 aromatic heterocycles. The van der Waals surface area contributed by atoms with E-state index < -0.39 is 0 Å². The summed E-state index contributed by atoms with van der Waals surface area (Å²) in [6, 6.07) is 8.13. The van der Waals surface area contributed by atoms with Gasteiger partial charge in [-0.25, -0.2) is 0 Å². The van der Waals surface area contributed by atoms with Crippen LogP contribution in [-0.2, 0) is 11.1 Å². The molecule has 0 saturated heterocycles. The molecule has 1 rings (SSSR count). The van der Waals surface area contributed by atoms with E-state index in [2.05, 4.69) is 43.0 Å². The van der Waals surface area contributed by atoms with Gasteiger partial charge in [0.15, 0.2) is 0 Å². The van der Waals surface area contributed by atoms with Gasteiger partial charge in [0.25, 0.3) is 0 Å². The summed E-state index contributed by atoms with van der Waals surface area (Å²) in [5, 5.41) is 12.2. The number of nitrogens with one attached hydrogen (secondary N) is 1. The fourth-order valence-corrected chi connectivity index (χ4v) is 1.69. The Bertz CT molecular complexity index is 449. The van der Waals surface area contributed by atoms with Gasteiger partial charge >= 0.3 is 7.62 Å². The number of rotatable bonds is 6. The van der Waals surface area contributed by atoms with Gasteiger partial charge in [-0.2, -0.15) is 0 Å². The fourth-order valence-electron chi connectivity index (χ4n) is 1.69. The lowest BCUT2D eigenvalue weighted by molar-refractivity contribution is 0.159. The monoisotopic (exact) mass is 258 g/mol. The molecule has 0 unspecified atom stereocenters. The van der Waals surface area contributed by atoms with Crippen LogP contribution in [0.4, 0.5) is 0 Å². The summed E-state index contributed by atoms with van der Waals surface area (Å²) in [5.74, 6) is 6.12. The summed E-state index contributed by atoms with van der Waals surface area (Å²) in [7, 11) is 3.10. The van der Waals surface area contributed by atoms with Gasteiger partial charge in [-0.15, -0.1) is 0 Å². The average Bonchev–Trinajstić information content (AvgIpc) is 2.38. The zero-order valence-corrected chi connectivity index (χ0v) is 11.9. The molecule has 0 aliphatic carbocycles. The molecule has 2 N–H and O–H groups in total. The van der Waals surface area contributed by atoms with E-state index in [0.717, 1.165) is 12.0 Å². The van der Waals surface area contributed by atoms with Crippen molar-refractivity contribution in [1.82, 2.24) is 5.23 Å². The van der Waals surface area contributed by atoms with Crippen LogP contribution in [0.2, 0.25) is 0 Å². The van der Waals surface area contributed by atoms with Gasteiger partial charge in [-0.3, -0.25) is 0 Å². The Hall–Kier alpha value is -1.28. The Morgan fingerprint density at radius 2 is 2.21 bits per heavy atom. The molecule has 0 spiro atoms. The highest BCUT2D eigenvalue weighted by Gasteiger charge is 2.16. The molecule has 4 heteroatoms. The summed E-state index contributed by atoms with van der Waals surface area (Å²) in [6.07, 6.45) is 0.842. The molecule has 0 fully saturated rings. The van der Waals surface area contributed by atoms with Crippen molar-refractivity contribution in [1.29, 1.82) is 0 Å². The van der Waals surface area contributed by atoms with Crippen molar-refractivity contribution >= 4 is 7.62 Å². The standard InChI is InChI=1S/C15H21BNO2/c1-15(2,12-18)11-14-7-4-6-13(10-14)8-5-9-17-16-19-3/h4,6-7,10,17-18H,9,11-12H2,1-3H3. The molecule has 19 heavy (non-hydrogen) atoms. The highest BCUT2D eigenvalue weighted by Crippen LogP contribution is 2.21. The summed E-state index contributed by atoms with van der Waals surface area (Å²) >= 11 is 0. The van der Waals surface area contributed by atoms with E-state index in [-0.39, 0.29) is 12.0 Å². The Labute approximate surface area is 116 Å². The van der Waals surface area contributed by atoms with Crippen molar-refractivity contribution in [3.63, 3.8) is 0 Å². The second kappa shape index (κ2) is 8.01. The minimum absolute atomic E-state index is 0.0962. The van der Waals surface area contributed by atoms with Crippen molar-refractivity contribution in [2.24, 2.45) is 5.41 Å². The number of hydrogen-bond donors (Lipinski definition) is 2. The molecule has 3 nitrogen and oxygen atoms in total. The van der Waals surface area contributed by atoms with E-state index in [9.17, 15) is 5.11 Å². The van der Waals surface area contributed by atoms with E-state index >= 15 is 0 Å². The van der Waals surface area contributed by atoms with Crippen LogP contribution in [0.1, 0.15) is 25.0 Å².